The first-order valence-corrected chi connectivity index (χ1v) is 11.7. The van der Waals surface area contributed by atoms with Crippen LogP contribution in [0.1, 0.15) is 57.7 Å². The Morgan fingerprint density at radius 1 is 1.18 bits per heavy atom. The molecule has 2 aromatic carbocycles. The molecular weight excluding hydrogens is 422 g/mol. The summed E-state index contributed by atoms with van der Waals surface area (Å²) in [6.07, 6.45) is 1.64. The van der Waals surface area contributed by atoms with Crippen LogP contribution in [0.3, 0.4) is 0 Å². The summed E-state index contributed by atoms with van der Waals surface area (Å²) in [4.78, 5) is 14.3. The van der Waals surface area contributed by atoms with Crippen molar-refractivity contribution in [1.82, 2.24) is 4.90 Å². The number of fused-ring (bicyclic) bond motifs is 4. The van der Waals surface area contributed by atoms with Gasteiger partial charge >= 0.3 is 0 Å². The number of piperidine rings is 1. The van der Waals surface area contributed by atoms with E-state index in [-0.39, 0.29) is 41.1 Å². The molecule has 1 aliphatic carbocycles. The number of carbonyl (C=O) groups is 1. The van der Waals surface area contributed by atoms with Gasteiger partial charge in [-0.2, -0.15) is 0 Å². The van der Waals surface area contributed by atoms with E-state index in [4.69, 9.17) is 4.74 Å². The molecule has 0 saturated carbocycles. The highest BCUT2D eigenvalue weighted by atomic mass is 19.1. The molecule has 1 heterocycles. The molecule has 0 radical (unpaired) electrons. The van der Waals surface area contributed by atoms with Gasteiger partial charge in [0.1, 0.15) is 11.6 Å². The van der Waals surface area contributed by atoms with Crippen molar-refractivity contribution in [3.8, 4) is 0 Å². The molecule has 1 aliphatic heterocycles. The molecule has 3 unspecified atom stereocenters. The van der Waals surface area contributed by atoms with Gasteiger partial charge in [-0.3, -0.25) is 9.69 Å². The first-order chi connectivity index (χ1) is 15.5. The number of halogens is 2. The van der Waals surface area contributed by atoms with Gasteiger partial charge in [-0.15, -0.1) is 0 Å². The van der Waals surface area contributed by atoms with Gasteiger partial charge in [0.15, 0.2) is 0 Å². The molecule has 1 fully saturated rings. The van der Waals surface area contributed by atoms with Crippen molar-refractivity contribution in [3.63, 3.8) is 0 Å². The number of rotatable bonds is 6. The van der Waals surface area contributed by atoms with Crippen molar-refractivity contribution >= 4 is 11.6 Å². The van der Waals surface area contributed by atoms with Gasteiger partial charge in [-0.1, -0.05) is 39.0 Å². The zero-order valence-corrected chi connectivity index (χ0v) is 20.2. The number of hydrogen-bond acceptors (Lipinski definition) is 3. The Morgan fingerprint density at radius 3 is 2.52 bits per heavy atom. The van der Waals surface area contributed by atoms with Crippen molar-refractivity contribution < 1.29 is 18.3 Å². The molecule has 0 spiro atoms. The van der Waals surface area contributed by atoms with Crippen LogP contribution in [0.2, 0.25) is 0 Å². The van der Waals surface area contributed by atoms with Crippen LogP contribution in [0.15, 0.2) is 36.4 Å². The number of amides is 1. The second-order valence-corrected chi connectivity index (χ2v) is 10.4. The highest BCUT2D eigenvalue weighted by Crippen LogP contribution is 2.57. The first-order valence-electron chi connectivity index (χ1n) is 11.7. The zero-order valence-electron chi connectivity index (χ0n) is 20.2. The smallest absolute Gasteiger partial charge is 0.221 e. The van der Waals surface area contributed by atoms with Gasteiger partial charge in [0, 0.05) is 36.2 Å². The second kappa shape index (κ2) is 8.80. The Kier molecular flexibility index (Phi) is 6.36. The van der Waals surface area contributed by atoms with Crippen molar-refractivity contribution in [2.45, 2.75) is 71.6 Å². The van der Waals surface area contributed by atoms with Crippen LogP contribution < -0.4 is 5.32 Å². The normalized spacial score (nSPS) is 24.8. The Labute approximate surface area is 195 Å². The maximum absolute atomic E-state index is 14.0. The molecule has 33 heavy (non-hydrogen) atoms. The summed E-state index contributed by atoms with van der Waals surface area (Å²) in [7, 11) is 0. The fourth-order valence-electron chi connectivity index (χ4n) is 5.86. The molecule has 6 heteroatoms. The summed E-state index contributed by atoms with van der Waals surface area (Å²) in [5.74, 6) is -1.22. The summed E-state index contributed by atoms with van der Waals surface area (Å²) in [6.45, 7) is 12.0. The topological polar surface area (TPSA) is 41.6 Å². The molecule has 4 nitrogen and oxygen atoms in total. The predicted octanol–water partition coefficient (Wildman–Crippen LogP) is 5.44. The van der Waals surface area contributed by atoms with Gasteiger partial charge in [-0.05, 0) is 61.1 Å². The summed E-state index contributed by atoms with van der Waals surface area (Å²) in [5, 5.41) is 3.02. The van der Waals surface area contributed by atoms with Crippen LogP contribution in [0.4, 0.5) is 14.5 Å². The molecule has 4 rings (SSSR count). The third-order valence-corrected chi connectivity index (χ3v) is 8.14. The van der Waals surface area contributed by atoms with Gasteiger partial charge in [0.05, 0.1) is 12.7 Å². The fraction of sp³-hybridized carbons (Fsp3) is 0.519. The van der Waals surface area contributed by atoms with Crippen LogP contribution in [0.5, 0.6) is 0 Å². The van der Waals surface area contributed by atoms with E-state index in [1.165, 1.54) is 29.3 Å². The first kappa shape index (κ1) is 23.8. The van der Waals surface area contributed by atoms with E-state index >= 15 is 0 Å². The van der Waals surface area contributed by atoms with Crippen molar-refractivity contribution in [2.24, 2.45) is 5.41 Å². The number of carbonyl (C=O) groups excluding carboxylic acids is 1. The third kappa shape index (κ3) is 4.19. The number of likely N-dealkylation sites (tertiary alicyclic amines) is 1. The Hall–Kier alpha value is -2.31. The third-order valence-electron chi connectivity index (χ3n) is 8.14. The number of anilines is 1. The molecule has 1 N–H and O–H groups in total. The van der Waals surface area contributed by atoms with E-state index < -0.39 is 11.6 Å². The summed E-state index contributed by atoms with van der Waals surface area (Å²) in [5.41, 5.74) is 3.40. The lowest BCUT2D eigenvalue weighted by Crippen LogP contribution is -2.64. The lowest BCUT2D eigenvalue weighted by molar-refractivity contribution is -0.114. The van der Waals surface area contributed by atoms with Gasteiger partial charge in [0.2, 0.25) is 5.91 Å². The minimum Gasteiger partial charge on any atom is -0.372 e. The molecule has 0 aromatic heterocycles. The van der Waals surface area contributed by atoms with E-state index in [9.17, 15) is 13.6 Å². The Balaban J connectivity index is 1.55. The molecule has 1 amide bonds. The fourth-order valence-corrected chi connectivity index (χ4v) is 5.86. The Bertz CT molecular complexity index is 1030. The molecule has 3 atom stereocenters. The van der Waals surface area contributed by atoms with Crippen molar-refractivity contribution in [1.29, 1.82) is 0 Å². The van der Waals surface area contributed by atoms with Crippen LogP contribution in [-0.4, -0.2) is 36.0 Å². The molecule has 1 saturated heterocycles. The van der Waals surface area contributed by atoms with Crippen LogP contribution in [0, 0.1) is 17.0 Å². The molecular formula is C27H34F2N2O2. The van der Waals surface area contributed by atoms with E-state index in [0.29, 0.717) is 6.54 Å². The number of nitrogens with zero attached hydrogens (tertiary/aromatic N) is 1. The number of ether oxygens (including phenoxy) is 1. The highest BCUT2D eigenvalue weighted by Gasteiger charge is 2.56. The summed E-state index contributed by atoms with van der Waals surface area (Å²) >= 11 is 0. The van der Waals surface area contributed by atoms with E-state index in [1.807, 2.05) is 19.1 Å². The number of hydrogen-bond donors (Lipinski definition) is 1. The van der Waals surface area contributed by atoms with Crippen molar-refractivity contribution in [3.05, 3.63) is 64.7 Å². The van der Waals surface area contributed by atoms with E-state index in [1.54, 1.807) is 6.92 Å². The zero-order chi connectivity index (χ0) is 24.0. The van der Waals surface area contributed by atoms with E-state index in [0.717, 1.165) is 25.1 Å². The maximum atomic E-state index is 14.0. The van der Waals surface area contributed by atoms with Gasteiger partial charge < -0.3 is 10.1 Å². The monoisotopic (exact) mass is 456 g/mol. The lowest BCUT2D eigenvalue weighted by atomic mass is 9.51. The van der Waals surface area contributed by atoms with Crippen LogP contribution in [-0.2, 0) is 28.0 Å². The molecule has 2 bridgehead atoms. The predicted molar refractivity (Wildman–Crippen MR) is 126 cm³/mol. The summed E-state index contributed by atoms with van der Waals surface area (Å²) < 4.78 is 33.8. The average Bonchev–Trinajstić information content (AvgIpc) is 2.72. The minimum absolute atomic E-state index is 0.00443. The lowest BCUT2D eigenvalue weighted by Gasteiger charge is -2.61. The summed E-state index contributed by atoms with van der Waals surface area (Å²) in [6, 6.07) is 10.4. The second-order valence-electron chi connectivity index (χ2n) is 10.4. The molecule has 2 aromatic rings. The number of nitrogens with one attached hydrogen (secondary N) is 1. The minimum atomic E-state index is -0.577. The standard InChI is InChI=1S/C27H34F2N2O2/c1-17(33-16-20-22(28)9-7-10-23(20)29)15-31-13-12-27(5)21-8-6-11-24(30-18(2)32)19(21)14-25(31)26(27,3)4/h6-11,17,25H,12-16H2,1-5H3,(H,30,32). The number of benzene rings is 2. The maximum Gasteiger partial charge on any atom is 0.221 e. The Morgan fingerprint density at radius 2 is 1.85 bits per heavy atom. The molecule has 2 aliphatic rings. The largest absolute Gasteiger partial charge is 0.372 e. The average molecular weight is 457 g/mol. The van der Waals surface area contributed by atoms with E-state index in [2.05, 4.69) is 37.1 Å². The quantitative estimate of drug-likeness (QED) is 0.629. The van der Waals surface area contributed by atoms with Crippen LogP contribution >= 0.6 is 0 Å². The molecule has 178 valence electrons. The van der Waals surface area contributed by atoms with Crippen molar-refractivity contribution in [2.75, 3.05) is 18.4 Å². The highest BCUT2D eigenvalue weighted by molar-refractivity contribution is 5.90. The van der Waals surface area contributed by atoms with Gasteiger partial charge in [-0.25, -0.2) is 8.78 Å². The van der Waals surface area contributed by atoms with Crippen LogP contribution in [0.25, 0.3) is 0 Å². The SMILES string of the molecule is CC(=O)Nc1cccc2c1CC1N(CC(C)OCc3c(F)cccc3F)CCC2(C)C1(C)C. The van der Waals surface area contributed by atoms with Gasteiger partial charge in [0.25, 0.3) is 0 Å².